The lowest BCUT2D eigenvalue weighted by Crippen LogP contribution is -2.37. The molecular weight excluding hydrogens is 342 g/mol. The second-order valence-corrected chi connectivity index (χ2v) is 6.63. The van der Waals surface area contributed by atoms with Crippen LogP contribution >= 0.6 is 0 Å². The molecule has 0 unspecified atom stereocenters. The molecule has 142 valence electrons. The van der Waals surface area contributed by atoms with Crippen LogP contribution in [0.5, 0.6) is 5.75 Å². The Morgan fingerprint density at radius 1 is 1.07 bits per heavy atom. The lowest BCUT2D eigenvalue weighted by molar-refractivity contribution is -0.117. The second kappa shape index (κ2) is 8.68. The van der Waals surface area contributed by atoms with Crippen molar-refractivity contribution in [2.45, 2.75) is 26.8 Å². The summed E-state index contributed by atoms with van der Waals surface area (Å²) in [5.74, 6) is 0.661. The smallest absolute Gasteiger partial charge is 0.238 e. The molecule has 3 rings (SSSR count). The molecule has 1 aliphatic rings. The molecular formula is C21H25N3O3. The molecule has 0 aromatic heterocycles. The van der Waals surface area contributed by atoms with Gasteiger partial charge in [0, 0.05) is 31.4 Å². The van der Waals surface area contributed by atoms with Gasteiger partial charge in [-0.1, -0.05) is 12.1 Å². The predicted octanol–water partition coefficient (Wildman–Crippen LogP) is 3.04. The first-order chi connectivity index (χ1) is 13.0. The Hall–Kier alpha value is -2.86. The highest BCUT2D eigenvalue weighted by atomic mass is 16.5. The molecule has 2 aromatic rings. The van der Waals surface area contributed by atoms with Gasteiger partial charge in [0.1, 0.15) is 5.75 Å². The Kier molecular flexibility index (Phi) is 6.08. The third-order valence-electron chi connectivity index (χ3n) is 4.41. The maximum Gasteiger partial charge on any atom is 0.238 e. The Balaban J connectivity index is 1.59. The predicted molar refractivity (Wildman–Crippen MR) is 106 cm³/mol. The molecule has 2 N–H and O–H groups in total. The van der Waals surface area contributed by atoms with Crippen LogP contribution in [0, 0.1) is 0 Å². The minimum Gasteiger partial charge on any atom is -0.494 e. The molecule has 0 saturated carbocycles. The van der Waals surface area contributed by atoms with Crippen molar-refractivity contribution in [3.63, 3.8) is 0 Å². The van der Waals surface area contributed by atoms with Crippen molar-refractivity contribution >= 4 is 23.2 Å². The fourth-order valence-electron chi connectivity index (χ4n) is 3.26. The number of carbonyl (C=O) groups is 2. The van der Waals surface area contributed by atoms with E-state index in [9.17, 15) is 9.59 Å². The molecule has 6 nitrogen and oxygen atoms in total. The zero-order chi connectivity index (χ0) is 19.2. The summed E-state index contributed by atoms with van der Waals surface area (Å²) in [6.45, 7) is 5.97. The summed E-state index contributed by atoms with van der Waals surface area (Å²) in [5, 5.41) is 5.62. The topological polar surface area (TPSA) is 70.7 Å². The number of amides is 2. The molecule has 0 radical (unpaired) electrons. The Labute approximate surface area is 159 Å². The van der Waals surface area contributed by atoms with E-state index in [1.807, 2.05) is 19.1 Å². The number of hydrogen-bond acceptors (Lipinski definition) is 4. The number of ether oxygens (including phenoxy) is 1. The van der Waals surface area contributed by atoms with Crippen LogP contribution in [-0.4, -0.2) is 36.4 Å². The highest BCUT2D eigenvalue weighted by Crippen LogP contribution is 2.24. The van der Waals surface area contributed by atoms with E-state index in [1.165, 1.54) is 18.1 Å². The van der Waals surface area contributed by atoms with E-state index in [0.29, 0.717) is 24.5 Å². The number of benzene rings is 2. The van der Waals surface area contributed by atoms with Crippen molar-refractivity contribution in [3.8, 4) is 5.75 Å². The van der Waals surface area contributed by atoms with Crippen LogP contribution in [0.2, 0.25) is 0 Å². The van der Waals surface area contributed by atoms with Gasteiger partial charge in [-0.3, -0.25) is 14.5 Å². The number of rotatable bonds is 6. The SMILES string of the molecule is CCOc1ccc2c(c1)CN(CC(=O)Nc1cccc(NC(C)=O)c1)CC2. The van der Waals surface area contributed by atoms with Gasteiger partial charge in [-0.15, -0.1) is 0 Å². The van der Waals surface area contributed by atoms with Gasteiger partial charge in [0.05, 0.1) is 13.2 Å². The summed E-state index contributed by atoms with van der Waals surface area (Å²) < 4.78 is 5.58. The summed E-state index contributed by atoms with van der Waals surface area (Å²) >= 11 is 0. The molecule has 6 heteroatoms. The fraction of sp³-hybridized carbons (Fsp3) is 0.333. The average molecular weight is 367 g/mol. The third-order valence-corrected chi connectivity index (χ3v) is 4.41. The van der Waals surface area contributed by atoms with Gasteiger partial charge in [0.25, 0.3) is 0 Å². The minimum absolute atomic E-state index is 0.0700. The summed E-state index contributed by atoms with van der Waals surface area (Å²) in [6, 6.07) is 13.3. The van der Waals surface area contributed by atoms with E-state index < -0.39 is 0 Å². The summed E-state index contributed by atoms with van der Waals surface area (Å²) in [5.41, 5.74) is 3.86. The highest BCUT2D eigenvalue weighted by Gasteiger charge is 2.19. The van der Waals surface area contributed by atoms with Crippen molar-refractivity contribution in [1.29, 1.82) is 0 Å². The number of carbonyl (C=O) groups excluding carboxylic acids is 2. The molecule has 0 aliphatic carbocycles. The lowest BCUT2D eigenvalue weighted by atomic mass is 9.99. The number of hydrogen-bond donors (Lipinski definition) is 2. The van der Waals surface area contributed by atoms with Crippen LogP contribution in [0.3, 0.4) is 0 Å². The number of nitrogens with zero attached hydrogens (tertiary/aromatic N) is 1. The first-order valence-electron chi connectivity index (χ1n) is 9.18. The number of nitrogens with one attached hydrogen (secondary N) is 2. The summed E-state index contributed by atoms with van der Waals surface area (Å²) in [4.78, 5) is 25.7. The van der Waals surface area contributed by atoms with E-state index >= 15 is 0 Å². The number of anilines is 2. The summed E-state index contributed by atoms with van der Waals surface area (Å²) in [7, 11) is 0. The maximum atomic E-state index is 12.4. The van der Waals surface area contributed by atoms with Crippen molar-refractivity contribution < 1.29 is 14.3 Å². The van der Waals surface area contributed by atoms with Crippen molar-refractivity contribution in [2.75, 3.05) is 30.3 Å². The van der Waals surface area contributed by atoms with Crippen LogP contribution in [0.15, 0.2) is 42.5 Å². The van der Waals surface area contributed by atoms with Gasteiger partial charge in [0.2, 0.25) is 11.8 Å². The van der Waals surface area contributed by atoms with Crippen LogP contribution in [-0.2, 0) is 22.6 Å². The zero-order valence-corrected chi connectivity index (χ0v) is 15.7. The van der Waals surface area contributed by atoms with Crippen LogP contribution in [0.25, 0.3) is 0 Å². The van der Waals surface area contributed by atoms with E-state index in [-0.39, 0.29) is 11.8 Å². The highest BCUT2D eigenvalue weighted by molar-refractivity contribution is 5.94. The van der Waals surface area contributed by atoms with Gasteiger partial charge in [-0.2, -0.15) is 0 Å². The first-order valence-corrected chi connectivity index (χ1v) is 9.18. The minimum atomic E-state index is -0.142. The molecule has 27 heavy (non-hydrogen) atoms. The quantitative estimate of drug-likeness (QED) is 0.823. The third kappa shape index (κ3) is 5.31. The maximum absolute atomic E-state index is 12.4. The zero-order valence-electron chi connectivity index (χ0n) is 15.7. The Morgan fingerprint density at radius 3 is 2.59 bits per heavy atom. The molecule has 0 fully saturated rings. The molecule has 2 amide bonds. The molecule has 1 aliphatic heterocycles. The number of fused-ring (bicyclic) bond motifs is 1. The van der Waals surface area contributed by atoms with Crippen molar-refractivity contribution in [1.82, 2.24) is 4.90 Å². The van der Waals surface area contributed by atoms with Crippen LogP contribution < -0.4 is 15.4 Å². The standard InChI is InChI=1S/C21H25N3O3/c1-3-27-20-8-7-16-9-10-24(13-17(16)11-20)14-21(26)23-19-6-4-5-18(12-19)22-15(2)25/h4-8,11-12H,3,9-10,13-14H2,1-2H3,(H,22,25)(H,23,26). The molecule has 1 heterocycles. The van der Waals surface area contributed by atoms with Gasteiger partial charge in [-0.25, -0.2) is 0 Å². The van der Waals surface area contributed by atoms with E-state index in [1.54, 1.807) is 18.2 Å². The van der Waals surface area contributed by atoms with Crippen molar-refractivity contribution in [2.24, 2.45) is 0 Å². The molecule has 0 bridgehead atoms. The van der Waals surface area contributed by atoms with Crippen molar-refractivity contribution in [3.05, 3.63) is 53.6 Å². The van der Waals surface area contributed by atoms with Gasteiger partial charge < -0.3 is 15.4 Å². The molecule has 0 spiro atoms. The fourth-order valence-corrected chi connectivity index (χ4v) is 3.26. The van der Waals surface area contributed by atoms with Gasteiger partial charge in [0.15, 0.2) is 0 Å². The van der Waals surface area contributed by atoms with E-state index in [4.69, 9.17) is 4.74 Å². The molecule has 0 saturated heterocycles. The monoisotopic (exact) mass is 367 g/mol. The van der Waals surface area contributed by atoms with Crippen LogP contribution in [0.1, 0.15) is 25.0 Å². The van der Waals surface area contributed by atoms with Gasteiger partial charge >= 0.3 is 0 Å². The second-order valence-electron chi connectivity index (χ2n) is 6.63. The normalized spacial score (nSPS) is 13.6. The molecule has 0 atom stereocenters. The van der Waals surface area contributed by atoms with Crippen LogP contribution in [0.4, 0.5) is 11.4 Å². The lowest BCUT2D eigenvalue weighted by Gasteiger charge is -2.28. The Bertz CT molecular complexity index is 835. The summed E-state index contributed by atoms with van der Waals surface area (Å²) in [6.07, 6.45) is 0.924. The van der Waals surface area contributed by atoms with E-state index in [0.717, 1.165) is 25.3 Å². The molecule has 2 aromatic carbocycles. The largest absolute Gasteiger partial charge is 0.494 e. The van der Waals surface area contributed by atoms with E-state index in [2.05, 4.69) is 27.7 Å². The average Bonchev–Trinajstić information content (AvgIpc) is 2.61. The Morgan fingerprint density at radius 2 is 1.85 bits per heavy atom. The van der Waals surface area contributed by atoms with Gasteiger partial charge in [-0.05, 0) is 54.8 Å². The first kappa shape index (κ1) is 18.9.